The fourth-order valence-corrected chi connectivity index (χ4v) is 2.24. The van der Waals surface area contributed by atoms with Gasteiger partial charge < -0.3 is 15.3 Å². The Bertz CT molecular complexity index is 360. The van der Waals surface area contributed by atoms with Crippen LogP contribution in [-0.4, -0.2) is 42.8 Å². The Morgan fingerprint density at radius 2 is 2.11 bits per heavy atom. The topological polar surface area (TPSA) is 35.5 Å². The van der Waals surface area contributed by atoms with Gasteiger partial charge in [0.15, 0.2) is 0 Å². The molecule has 1 rings (SSSR count). The van der Waals surface area contributed by atoms with E-state index in [1.807, 2.05) is 6.07 Å². The van der Waals surface area contributed by atoms with Crippen LogP contribution >= 0.6 is 0 Å². The summed E-state index contributed by atoms with van der Waals surface area (Å²) < 4.78 is 13.3. The predicted octanol–water partition coefficient (Wildman–Crippen LogP) is 2.18. The van der Waals surface area contributed by atoms with Gasteiger partial charge >= 0.3 is 0 Å². The lowest BCUT2D eigenvalue weighted by Gasteiger charge is -2.24. The van der Waals surface area contributed by atoms with Crippen molar-refractivity contribution >= 4 is 0 Å². The predicted molar refractivity (Wildman–Crippen MR) is 76.6 cm³/mol. The molecule has 0 aliphatic rings. The first-order chi connectivity index (χ1) is 9.21. The maximum Gasteiger partial charge on any atom is 0.123 e. The van der Waals surface area contributed by atoms with Gasteiger partial charge in [-0.25, -0.2) is 4.39 Å². The van der Waals surface area contributed by atoms with Crippen LogP contribution < -0.4 is 5.32 Å². The molecule has 0 aliphatic carbocycles. The quantitative estimate of drug-likeness (QED) is 0.720. The molecule has 0 fully saturated rings. The Balaban J connectivity index is 2.62. The lowest BCUT2D eigenvalue weighted by molar-refractivity contribution is 0.195. The first kappa shape index (κ1) is 16.1. The molecule has 0 bridgehead atoms. The van der Waals surface area contributed by atoms with Crippen LogP contribution in [-0.2, 0) is 0 Å². The van der Waals surface area contributed by atoms with E-state index in [1.54, 1.807) is 12.1 Å². The Kier molecular flexibility index (Phi) is 7.63. The second-order valence-corrected chi connectivity index (χ2v) is 4.61. The Morgan fingerprint density at radius 3 is 2.68 bits per heavy atom. The van der Waals surface area contributed by atoms with E-state index < -0.39 is 0 Å². The van der Waals surface area contributed by atoms with Crippen LogP contribution in [0.2, 0.25) is 0 Å². The third kappa shape index (κ3) is 5.68. The van der Waals surface area contributed by atoms with Crippen LogP contribution in [0.4, 0.5) is 4.39 Å². The maximum atomic E-state index is 13.3. The SMILES string of the molecule is CCNC(CCN(CC)CCO)c1cccc(F)c1. The number of hydrogen-bond donors (Lipinski definition) is 2. The number of halogens is 1. The van der Waals surface area contributed by atoms with Crippen LogP contribution in [0.15, 0.2) is 24.3 Å². The normalized spacial score (nSPS) is 12.9. The van der Waals surface area contributed by atoms with Gasteiger partial charge in [-0.05, 0) is 37.2 Å². The van der Waals surface area contributed by atoms with Gasteiger partial charge in [0.2, 0.25) is 0 Å². The van der Waals surface area contributed by atoms with Gasteiger partial charge in [0.25, 0.3) is 0 Å². The molecule has 108 valence electrons. The van der Waals surface area contributed by atoms with Crippen molar-refractivity contribution in [2.45, 2.75) is 26.3 Å². The summed E-state index contributed by atoms with van der Waals surface area (Å²) in [7, 11) is 0. The van der Waals surface area contributed by atoms with Gasteiger partial charge in [-0.2, -0.15) is 0 Å². The van der Waals surface area contributed by atoms with Crippen LogP contribution in [0.1, 0.15) is 31.9 Å². The number of aliphatic hydroxyl groups is 1. The molecule has 0 radical (unpaired) electrons. The Morgan fingerprint density at radius 1 is 1.32 bits per heavy atom. The fraction of sp³-hybridized carbons (Fsp3) is 0.600. The smallest absolute Gasteiger partial charge is 0.123 e. The molecule has 4 heteroatoms. The summed E-state index contributed by atoms with van der Waals surface area (Å²) in [6.07, 6.45) is 0.908. The molecular formula is C15H25FN2O. The zero-order chi connectivity index (χ0) is 14.1. The van der Waals surface area contributed by atoms with Gasteiger partial charge in [0.05, 0.1) is 6.61 Å². The molecule has 1 unspecified atom stereocenters. The molecule has 0 saturated heterocycles. The van der Waals surface area contributed by atoms with E-state index in [0.29, 0.717) is 6.54 Å². The van der Waals surface area contributed by atoms with E-state index in [-0.39, 0.29) is 18.5 Å². The zero-order valence-corrected chi connectivity index (χ0v) is 11.9. The van der Waals surface area contributed by atoms with Crippen LogP contribution in [0, 0.1) is 5.82 Å². The van der Waals surface area contributed by atoms with Crippen molar-refractivity contribution in [3.05, 3.63) is 35.6 Å². The third-order valence-electron chi connectivity index (χ3n) is 3.30. The van der Waals surface area contributed by atoms with Crippen molar-refractivity contribution in [3.8, 4) is 0 Å². The molecule has 19 heavy (non-hydrogen) atoms. The average Bonchev–Trinajstić information content (AvgIpc) is 2.42. The molecule has 0 aliphatic heterocycles. The number of hydrogen-bond acceptors (Lipinski definition) is 3. The molecular weight excluding hydrogens is 243 g/mol. The van der Waals surface area contributed by atoms with Crippen molar-refractivity contribution in [2.75, 3.05) is 32.8 Å². The zero-order valence-electron chi connectivity index (χ0n) is 11.9. The monoisotopic (exact) mass is 268 g/mol. The number of nitrogens with zero attached hydrogens (tertiary/aromatic N) is 1. The standard InChI is InChI=1S/C15H25FN2O/c1-3-17-15(8-9-18(4-2)10-11-19)13-6-5-7-14(16)12-13/h5-7,12,15,17,19H,3-4,8-11H2,1-2H3. The van der Waals surface area contributed by atoms with Crippen LogP contribution in [0.3, 0.4) is 0 Å². The summed E-state index contributed by atoms with van der Waals surface area (Å²) in [4.78, 5) is 2.20. The maximum absolute atomic E-state index is 13.3. The van der Waals surface area contributed by atoms with E-state index in [4.69, 9.17) is 5.11 Å². The third-order valence-corrected chi connectivity index (χ3v) is 3.30. The highest BCUT2D eigenvalue weighted by atomic mass is 19.1. The minimum atomic E-state index is -0.192. The molecule has 2 N–H and O–H groups in total. The van der Waals surface area contributed by atoms with Crippen LogP contribution in [0.25, 0.3) is 0 Å². The van der Waals surface area contributed by atoms with E-state index in [1.165, 1.54) is 6.07 Å². The second-order valence-electron chi connectivity index (χ2n) is 4.61. The molecule has 0 amide bonds. The highest BCUT2D eigenvalue weighted by Gasteiger charge is 2.12. The molecule has 0 heterocycles. The van der Waals surface area contributed by atoms with E-state index in [0.717, 1.165) is 31.6 Å². The summed E-state index contributed by atoms with van der Waals surface area (Å²) in [5.41, 5.74) is 0.988. The summed E-state index contributed by atoms with van der Waals surface area (Å²) in [5.74, 6) is -0.192. The minimum Gasteiger partial charge on any atom is -0.395 e. The van der Waals surface area contributed by atoms with Crippen molar-refractivity contribution in [1.29, 1.82) is 0 Å². The molecule has 0 spiro atoms. The first-order valence-corrected chi connectivity index (χ1v) is 7.03. The largest absolute Gasteiger partial charge is 0.395 e. The lowest BCUT2D eigenvalue weighted by Crippen LogP contribution is -2.31. The Labute approximate surface area is 115 Å². The molecule has 1 atom stereocenters. The number of likely N-dealkylation sites (N-methyl/N-ethyl adjacent to an activating group) is 1. The summed E-state index contributed by atoms with van der Waals surface area (Å²) in [6, 6.07) is 6.93. The van der Waals surface area contributed by atoms with Gasteiger partial charge in [-0.3, -0.25) is 0 Å². The molecule has 0 saturated carbocycles. The van der Waals surface area contributed by atoms with Crippen molar-refractivity contribution in [1.82, 2.24) is 10.2 Å². The van der Waals surface area contributed by atoms with Crippen molar-refractivity contribution in [2.24, 2.45) is 0 Å². The summed E-state index contributed by atoms with van der Waals surface area (Å²) in [5, 5.41) is 12.4. The van der Waals surface area contributed by atoms with Gasteiger partial charge in [0, 0.05) is 19.1 Å². The number of rotatable bonds is 9. The summed E-state index contributed by atoms with van der Waals surface area (Å²) in [6.45, 7) is 7.68. The van der Waals surface area contributed by atoms with E-state index >= 15 is 0 Å². The first-order valence-electron chi connectivity index (χ1n) is 7.03. The number of aliphatic hydroxyl groups excluding tert-OH is 1. The van der Waals surface area contributed by atoms with Crippen molar-refractivity contribution in [3.63, 3.8) is 0 Å². The molecule has 3 nitrogen and oxygen atoms in total. The van der Waals surface area contributed by atoms with Crippen LogP contribution in [0.5, 0.6) is 0 Å². The van der Waals surface area contributed by atoms with Gasteiger partial charge in [0.1, 0.15) is 5.82 Å². The molecule has 0 aromatic heterocycles. The number of nitrogens with one attached hydrogen (secondary N) is 1. The molecule has 1 aromatic carbocycles. The minimum absolute atomic E-state index is 0.161. The van der Waals surface area contributed by atoms with Gasteiger partial charge in [-0.15, -0.1) is 0 Å². The van der Waals surface area contributed by atoms with Crippen molar-refractivity contribution < 1.29 is 9.50 Å². The lowest BCUT2D eigenvalue weighted by atomic mass is 10.0. The Hall–Kier alpha value is -0.970. The highest BCUT2D eigenvalue weighted by molar-refractivity contribution is 5.20. The number of benzene rings is 1. The second kappa shape index (κ2) is 9.02. The van der Waals surface area contributed by atoms with E-state index in [2.05, 4.69) is 24.1 Å². The summed E-state index contributed by atoms with van der Waals surface area (Å²) >= 11 is 0. The van der Waals surface area contributed by atoms with Gasteiger partial charge in [-0.1, -0.05) is 26.0 Å². The average molecular weight is 268 g/mol. The van der Waals surface area contributed by atoms with E-state index in [9.17, 15) is 4.39 Å². The molecule has 1 aromatic rings. The highest BCUT2D eigenvalue weighted by Crippen LogP contribution is 2.18. The fourth-order valence-electron chi connectivity index (χ4n) is 2.24.